The summed E-state index contributed by atoms with van der Waals surface area (Å²) in [5, 5.41) is 23.6. The average molecular weight is 269 g/mol. The van der Waals surface area contributed by atoms with Crippen molar-refractivity contribution in [3.05, 3.63) is 48.5 Å². The van der Waals surface area contributed by atoms with Crippen LogP contribution in [0.5, 0.6) is 0 Å². The van der Waals surface area contributed by atoms with E-state index in [4.69, 9.17) is 5.11 Å². The predicted molar refractivity (Wildman–Crippen MR) is 75.0 cm³/mol. The van der Waals surface area contributed by atoms with Gasteiger partial charge in [0.25, 0.3) is 11.0 Å². The Morgan fingerprint density at radius 1 is 1.00 bits per heavy atom. The minimum absolute atomic E-state index is 0.177. The smallest absolute Gasteiger partial charge is 0.322 e. The van der Waals surface area contributed by atoms with Gasteiger partial charge < -0.3 is 10.4 Å². The molecule has 3 N–H and O–H groups in total. The number of carboxylic acids is 1. The van der Waals surface area contributed by atoms with Gasteiger partial charge in [-0.1, -0.05) is 24.3 Å². The van der Waals surface area contributed by atoms with E-state index in [0.717, 1.165) is 15.5 Å². The predicted octanol–water partition coefficient (Wildman–Crippen LogP) is 2.01. The minimum atomic E-state index is -0.932. The molecule has 0 saturated heterocycles. The van der Waals surface area contributed by atoms with Crippen molar-refractivity contribution in [3.63, 3.8) is 0 Å². The minimum Gasteiger partial charge on any atom is -0.480 e. The molecule has 0 aliphatic carbocycles. The Hall–Kier alpha value is -2.82. The monoisotopic (exact) mass is 269 g/mol. The van der Waals surface area contributed by atoms with Crippen molar-refractivity contribution < 1.29 is 19.8 Å². The molecular weight excluding hydrogens is 256 g/mol. The lowest BCUT2D eigenvalue weighted by Crippen LogP contribution is -2.32. The number of aliphatic carboxylic acids is 1. The molecule has 1 aromatic heterocycles. The number of carboxylic acid groups (broad SMARTS) is 1. The quantitative estimate of drug-likeness (QED) is 0.386. The van der Waals surface area contributed by atoms with E-state index < -0.39 is 5.97 Å². The van der Waals surface area contributed by atoms with Crippen molar-refractivity contribution in [2.45, 2.75) is 0 Å². The van der Waals surface area contributed by atoms with E-state index in [9.17, 15) is 10.0 Å². The van der Waals surface area contributed by atoms with Gasteiger partial charge in [-0.25, -0.2) is 0 Å². The number of anilines is 1. The standard InChI is InChI=1S/C15H12N2O3/c18-14(19)9-16-15-10-5-1-3-7-12(10)17(20)13-8-4-2-6-11(13)15/h1-8,20H,9H2,(H,18,19)/p+1. The Kier molecular flexibility index (Phi) is 2.87. The maximum Gasteiger partial charge on any atom is 0.322 e. The van der Waals surface area contributed by atoms with Gasteiger partial charge in [0.2, 0.25) is 0 Å². The summed E-state index contributed by atoms with van der Waals surface area (Å²) in [7, 11) is 0. The molecule has 3 aromatic rings. The van der Waals surface area contributed by atoms with Gasteiger partial charge in [-0.05, 0) is 12.1 Å². The van der Waals surface area contributed by atoms with Crippen LogP contribution in [-0.4, -0.2) is 22.8 Å². The van der Waals surface area contributed by atoms with Gasteiger partial charge >= 0.3 is 5.97 Å². The maximum atomic E-state index is 10.8. The number of benzene rings is 2. The fraction of sp³-hybridized carbons (Fsp3) is 0.0667. The molecule has 0 aliphatic heterocycles. The molecule has 0 saturated carbocycles. The van der Waals surface area contributed by atoms with Crippen LogP contribution in [0, 0.1) is 0 Å². The molecule has 0 spiro atoms. The molecule has 0 fully saturated rings. The number of fused-ring (bicyclic) bond motifs is 2. The largest absolute Gasteiger partial charge is 0.480 e. The molecule has 100 valence electrons. The number of rotatable bonds is 3. The zero-order valence-electron chi connectivity index (χ0n) is 10.6. The van der Waals surface area contributed by atoms with Gasteiger partial charge in [-0.15, -0.1) is 0 Å². The van der Waals surface area contributed by atoms with E-state index in [1.54, 1.807) is 12.1 Å². The van der Waals surface area contributed by atoms with Crippen molar-refractivity contribution in [1.82, 2.24) is 0 Å². The fourth-order valence-electron chi connectivity index (χ4n) is 2.37. The van der Waals surface area contributed by atoms with Gasteiger partial charge in [0.05, 0.1) is 16.5 Å². The highest BCUT2D eigenvalue weighted by molar-refractivity contribution is 6.05. The number of carbonyl (C=O) groups is 1. The molecule has 5 heteroatoms. The first kappa shape index (κ1) is 12.2. The molecule has 20 heavy (non-hydrogen) atoms. The lowest BCUT2D eigenvalue weighted by molar-refractivity contribution is -0.864. The summed E-state index contributed by atoms with van der Waals surface area (Å²) >= 11 is 0. The summed E-state index contributed by atoms with van der Waals surface area (Å²) in [6.45, 7) is -0.177. The lowest BCUT2D eigenvalue weighted by Gasteiger charge is -2.09. The van der Waals surface area contributed by atoms with Crippen molar-refractivity contribution in [3.8, 4) is 0 Å². The first-order valence-corrected chi connectivity index (χ1v) is 6.19. The van der Waals surface area contributed by atoms with Gasteiger partial charge in [-0.3, -0.25) is 10.0 Å². The molecule has 0 radical (unpaired) electrons. The summed E-state index contributed by atoms with van der Waals surface area (Å²) in [6.07, 6.45) is 0. The number of para-hydroxylation sites is 2. The second-order valence-corrected chi connectivity index (χ2v) is 4.47. The molecule has 0 unspecified atom stereocenters. The van der Waals surface area contributed by atoms with E-state index in [0.29, 0.717) is 16.7 Å². The molecule has 0 amide bonds. The van der Waals surface area contributed by atoms with Gasteiger partial charge in [0.15, 0.2) is 0 Å². The Bertz CT molecular complexity index is 758. The molecule has 0 aliphatic rings. The van der Waals surface area contributed by atoms with Crippen LogP contribution < -0.4 is 10.0 Å². The Morgan fingerprint density at radius 2 is 1.50 bits per heavy atom. The highest BCUT2D eigenvalue weighted by Crippen LogP contribution is 2.28. The van der Waals surface area contributed by atoms with Gasteiger partial charge in [0, 0.05) is 16.9 Å². The van der Waals surface area contributed by atoms with Crippen LogP contribution >= 0.6 is 0 Å². The van der Waals surface area contributed by atoms with Crippen LogP contribution in [0.3, 0.4) is 0 Å². The van der Waals surface area contributed by atoms with E-state index in [1.807, 2.05) is 36.4 Å². The highest BCUT2D eigenvalue weighted by atomic mass is 16.5. The van der Waals surface area contributed by atoms with Crippen LogP contribution in [0.15, 0.2) is 48.5 Å². The Labute approximate surface area is 114 Å². The summed E-state index contributed by atoms with van der Waals surface area (Å²) in [6, 6.07) is 14.6. The van der Waals surface area contributed by atoms with Crippen molar-refractivity contribution in [1.29, 1.82) is 0 Å². The molecular formula is C15H13N2O3+. The molecule has 5 nitrogen and oxygen atoms in total. The maximum absolute atomic E-state index is 10.8. The first-order valence-electron chi connectivity index (χ1n) is 6.19. The van der Waals surface area contributed by atoms with E-state index in [2.05, 4.69) is 5.32 Å². The number of hydrogen-bond donors (Lipinski definition) is 3. The van der Waals surface area contributed by atoms with Crippen LogP contribution in [-0.2, 0) is 4.79 Å². The first-order chi connectivity index (χ1) is 9.68. The number of aromatic nitrogens is 1. The third kappa shape index (κ3) is 1.89. The van der Waals surface area contributed by atoms with Crippen LogP contribution in [0.4, 0.5) is 5.69 Å². The van der Waals surface area contributed by atoms with E-state index in [1.165, 1.54) is 0 Å². The second-order valence-electron chi connectivity index (χ2n) is 4.47. The Morgan fingerprint density at radius 3 is 2.00 bits per heavy atom. The molecule has 3 rings (SSSR count). The number of nitrogens with one attached hydrogen (secondary N) is 1. The van der Waals surface area contributed by atoms with Crippen molar-refractivity contribution in [2.24, 2.45) is 0 Å². The molecule has 0 bridgehead atoms. The summed E-state index contributed by atoms with van der Waals surface area (Å²) < 4.78 is 1.12. The molecule has 1 heterocycles. The van der Waals surface area contributed by atoms with E-state index in [-0.39, 0.29) is 6.54 Å². The second kappa shape index (κ2) is 4.70. The zero-order chi connectivity index (χ0) is 14.1. The number of nitrogens with zero attached hydrogens (tertiary/aromatic N) is 1. The van der Waals surface area contributed by atoms with Gasteiger partial charge in [0.1, 0.15) is 6.54 Å². The Balaban J connectivity index is 2.37. The zero-order valence-corrected chi connectivity index (χ0v) is 10.6. The van der Waals surface area contributed by atoms with E-state index >= 15 is 0 Å². The molecule has 0 atom stereocenters. The van der Waals surface area contributed by atoms with Crippen LogP contribution in [0.25, 0.3) is 21.8 Å². The summed E-state index contributed by atoms with van der Waals surface area (Å²) in [5.74, 6) is -0.932. The third-order valence-electron chi connectivity index (χ3n) is 3.22. The summed E-state index contributed by atoms with van der Waals surface area (Å²) in [4.78, 5) is 10.8. The van der Waals surface area contributed by atoms with Crippen molar-refractivity contribution >= 4 is 33.5 Å². The van der Waals surface area contributed by atoms with Crippen LogP contribution in [0.1, 0.15) is 0 Å². The van der Waals surface area contributed by atoms with Crippen molar-refractivity contribution in [2.75, 3.05) is 11.9 Å². The highest BCUT2D eigenvalue weighted by Gasteiger charge is 2.19. The number of pyridine rings is 1. The molecule has 2 aromatic carbocycles. The fourth-order valence-corrected chi connectivity index (χ4v) is 2.37. The SMILES string of the molecule is O=C(O)CNc1c2ccccc2[n+](O)c2ccccc12. The van der Waals surface area contributed by atoms with Crippen LogP contribution in [0.2, 0.25) is 0 Å². The summed E-state index contributed by atoms with van der Waals surface area (Å²) in [5.41, 5.74) is 1.96. The number of hydrogen-bond acceptors (Lipinski definition) is 3. The average Bonchev–Trinajstić information content (AvgIpc) is 2.47. The van der Waals surface area contributed by atoms with Gasteiger partial charge in [-0.2, -0.15) is 0 Å². The lowest BCUT2D eigenvalue weighted by atomic mass is 10.1. The third-order valence-corrected chi connectivity index (χ3v) is 3.22. The normalized spacial score (nSPS) is 10.8. The topological polar surface area (TPSA) is 73.4 Å².